The van der Waals surface area contributed by atoms with Crippen LogP contribution in [0.3, 0.4) is 0 Å². The third kappa shape index (κ3) is 4.60. The van der Waals surface area contributed by atoms with Crippen molar-refractivity contribution < 1.29 is 8.81 Å². The number of rotatable bonds is 4. The van der Waals surface area contributed by atoms with Crippen molar-refractivity contribution in [1.82, 2.24) is 9.55 Å². The van der Waals surface area contributed by atoms with E-state index in [4.69, 9.17) is 9.40 Å². The molecule has 0 aliphatic rings. The molecule has 6 aromatic carbocycles. The minimum Gasteiger partial charge on any atom is -0.455 e. The fourth-order valence-corrected chi connectivity index (χ4v) is 6.54. The maximum atomic E-state index is 13.6. The Bertz CT molecular complexity index is 2410. The predicted octanol–water partition coefficient (Wildman–Crippen LogP) is 11.7. The lowest BCUT2D eigenvalue weighted by Gasteiger charge is -2.23. The minimum atomic E-state index is -0.250. The quantitative estimate of drug-likeness (QED) is 0.201. The van der Waals surface area contributed by atoms with Gasteiger partial charge in [-0.1, -0.05) is 93.6 Å². The fourth-order valence-electron chi connectivity index (χ4n) is 6.54. The van der Waals surface area contributed by atoms with E-state index in [1.54, 1.807) is 12.1 Å². The van der Waals surface area contributed by atoms with E-state index in [1.807, 2.05) is 12.1 Å². The third-order valence-corrected chi connectivity index (χ3v) is 9.00. The lowest BCUT2D eigenvalue weighted by atomic mass is 9.85. The van der Waals surface area contributed by atoms with Gasteiger partial charge in [-0.25, -0.2) is 9.37 Å². The summed E-state index contributed by atoms with van der Waals surface area (Å²) in [5.74, 6) is 0.574. The Morgan fingerprint density at radius 2 is 1.41 bits per heavy atom. The normalized spacial score (nSPS) is 12.0. The monoisotopic (exact) mass is 600 g/mol. The zero-order valence-corrected chi connectivity index (χ0v) is 26.3. The standard InChI is InChI=1S/C42H33FN2O/c1-26-14-21-33(40-39(26)32-22-17-29(24-38(32)46-40)27-15-19-31(43)20-16-27)41-44-35-12-8-9-13-37(35)45(41)36-23-18-30(42(2,3)4)25-34(36)28-10-6-5-7-11-28/h5-25H,1-4H3. The largest absolute Gasteiger partial charge is 0.455 e. The molecule has 3 nitrogen and oxygen atoms in total. The minimum absolute atomic E-state index is 0.00788. The molecule has 8 rings (SSSR count). The molecular formula is C42H33FN2O. The number of fused-ring (bicyclic) bond motifs is 4. The topological polar surface area (TPSA) is 31.0 Å². The predicted molar refractivity (Wildman–Crippen MR) is 188 cm³/mol. The summed E-state index contributed by atoms with van der Waals surface area (Å²) in [5.41, 5.74) is 12.1. The lowest BCUT2D eigenvalue weighted by Crippen LogP contribution is -2.12. The van der Waals surface area contributed by atoms with Gasteiger partial charge in [0.15, 0.2) is 0 Å². The van der Waals surface area contributed by atoms with E-state index >= 15 is 0 Å². The van der Waals surface area contributed by atoms with Crippen molar-refractivity contribution >= 4 is 33.0 Å². The van der Waals surface area contributed by atoms with Gasteiger partial charge in [0.2, 0.25) is 0 Å². The van der Waals surface area contributed by atoms with Crippen LogP contribution in [0.5, 0.6) is 0 Å². The van der Waals surface area contributed by atoms with Crippen LogP contribution in [-0.2, 0) is 5.41 Å². The molecule has 0 saturated carbocycles. The Morgan fingerprint density at radius 3 is 2.20 bits per heavy atom. The first-order valence-electron chi connectivity index (χ1n) is 15.7. The number of nitrogens with zero attached hydrogens (tertiary/aromatic N) is 2. The van der Waals surface area contributed by atoms with Crippen molar-refractivity contribution in [3.63, 3.8) is 0 Å². The summed E-state index contributed by atoms with van der Waals surface area (Å²) in [6.07, 6.45) is 0. The van der Waals surface area contributed by atoms with E-state index in [2.05, 4.69) is 123 Å². The summed E-state index contributed by atoms with van der Waals surface area (Å²) < 4.78 is 22.7. The molecule has 2 heterocycles. The summed E-state index contributed by atoms with van der Waals surface area (Å²) >= 11 is 0. The Morgan fingerprint density at radius 1 is 0.674 bits per heavy atom. The Kier molecular flexibility index (Phi) is 6.43. The van der Waals surface area contributed by atoms with Gasteiger partial charge in [0.05, 0.1) is 22.3 Å². The number of imidazole rings is 1. The van der Waals surface area contributed by atoms with Crippen molar-refractivity contribution in [3.8, 4) is 39.3 Å². The number of para-hydroxylation sites is 2. The van der Waals surface area contributed by atoms with Crippen molar-refractivity contribution in [2.24, 2.45) is 0 Å². The van der Waals surface area contributed by atoms with E-state index < -0.39 is 0 Å². The average Bonchev–Trinajstić information content (AvgIpc) is 3.64. The van der Waals surface area contributed by atoms with Crippen LogP contribution in [0.15, 0.2) is 132 Å². The van der Waals surface area contributed by atoms with Crippen LogP contribution in [0.2, 0.25) is 0 Å². The molecule has 0 bridgehead atoms. The molecule has 224 valence electrons. The molecule has 0 atom stereocenters. The molecule has 46 heavy (non-hydrogen) atoms. The molecule has 0 saturated heterocycles. The van der Waals surface area contributed by atoms with Crippen LogP contribution >= 0.6 is 0 Å². The first-order chi connectivity index (χ1) is 22.3. The maximum Gasteiger partial charge on any atom is 0.149 e. The highest BCUT2D eigenvalue weighted by Crippen LogP contribution is 2.42. The van der Waals surface area contributed by atoms with Gasteiger partial charge >= 0.3 is 0 Å². The molecule has 2 aromatic heterocycles. The number of halogens is 1. The van der Waals surface area contributed by atoms with Crippen molar-refractivity contribution in [3.05, 3.63) is 144 Å². The fraction of sp³-hybridized carbons (Fsp3) is 0.119. The van der Waals surface area contributed by atoms with Gasteiger partial charge < -0.3 is 4.42 Å². The summed E-state index contributed by atoms with van der Waals surface area (Å²) in [6.45, 7) is 8.87. The summed E-state index contributed by atoms with van der Waals surface area (Å²) in [5, 5.41) is 2.12. The van der Waals surface area contributed by atoms with Crippen LogP contribution in [-0.4, -0.2) is 9.55 Å². The zero-order valence-electron chi connectivity index (χ0n) is 26.3. The summed E-state index contributed by atoms with van der Waals surface area (Å²) in [7, 11) is 0. The van der Waals surface area contributed by atoms with Gasteiger partial charge in [-0.05, 0) is 94.8 Å². The van der Waals surface area contributed by atoms with Crippen LogP contribution in [0, 0.1) is 12.7 Å². The van der Waals surface area contributed by atoms with E-state index in [0.717, 1.165) is 77.9 Å². The second-order valence-electron chi connectivity index (χ2n) is 13.1. The van der Waals surface area contributed by atoms with Gasteiger partial charge in [0, 0.05) is 16.3 Å². The van der Waals surface area contributed by atoms with Crippen LogP contribution in [0.25, 0.3) is 72.3 Å². The highest BCUT2D eigenvalue weighted by Gasteiger charge is 2.24. The highest BCUT2D eigenvalue weighted by molar-refractivity contribution is 6.12. The number of benzene rings is 6. The first kappa shape index (κ1) is 28.0. The molecule has 0 radical (unpaired) electrons. The van der Waals surface area contributed by atoms with Gasteiger partial charge in [-0.3, -0.25) is 4.57 Å². The van der Waals surface area contributed by atoms with Gasteiger partial charge in [-0.15, -0.1) is 0 Å². The molecule has 0 fully saturated rings. The van der Waals surface area contributed by atoms with E-state index in [0.29, 0.717) is 0 Å². The van der Waals surface area contributed by atoms with Crippen molar-refractivity contribution in [1.29, 1.82) is 0 Å². The van der Waals surface area contributed by atoms with Gasteiger partial charge in [0.25, 0.3) is 0 Å². The van der Waals surface area contributed by atoms with Crippen LogP contribution in [0.1, 0.15) is 31.9 Å². The molecule has 0 aliphatic heterocycles. The lowest BCUT2D eigenvalue weighted by molar-refractivity contribution is 0.590. The molecule has 8 aromatic rings. The number of aromatic nitrogens is 2. The summed E-state index contributed by atoms with van der Waals surface area (Å²) in [4.78, 5) is 5.26. The first-order valence-corrected chi connectivity index (χ1v) is 15.7. The number of hydrogen-bond acceptors (Lipinski definition) is 2. The molecule has 0 spiro atoms. The Labute approximate surface area is 267 Å². The average molecular weight is 601 g/mol. The van der Waals surface area contributed by atoms with Gasteiger partial charge in [-0.2, -0.15) is 0 Å². The van der Waals surface area contributed by atoms with Crippen LogP contribution in [0.4, 0.5) is 4.39 Å². The molecule has 4 heteroatoms. The highest BCUT2D eigenvalue weighted by atomic mass is 19.1. The van der Waals surface area contributed by atoms with Crippen LogP contribution < -0.4 is 0 Å². The van der Waals surface area contributed by atoms with E-state index in [9.17, 15) is 4.39 Å². The Hall–Kier alpha value is -5.48. The number of aryl methyl sites for hydroxylation is 1. The molecule has 0 amide bonds. The smallest absolute Gasteiger partial charge is 0.149 e. The molecule has 0 aliphatic carbocycles. The SMILES string of the molecule is Cc1ccc(-c2nc3ccccc3n2-c2ccc(C(C)(C)C)cc2-c2ccccc2)c2oc3cc(-c4ccc(F)cc4)ccc3c12. The number of furan rings is 1. The Balaban J connectivity index is 1.41. The van der Waals surface area contributed by atoms with E-state index in [-0.39, 0.29) is 11.2 Å². The van der Waals surface area contributed by atoms with Crippen molar-refractivity contribution in [2.45, 2.75) is 33.1 Å². The third-order valence-electron chi connectivity index (χ3n) is 9.00. The zero-order chi connectivity index (χ0) is 31.6. The molecular weight excluding hydrogens is 567 g/mol. The maximum absolute atomic E-state index is 13.6. The van der Waals surface area contributed by atoms with Crippen molar-refractivity contribution in [2.75, 3.05) is 0 Å². The summed E-state index contributed by atoms with van der Waals surface area (Å²) in [6, 6.07) is 42.8. The number of hydrogen-bond donors (Lipinski definition) is 0. The van der Waals surface area contributed by atoms with E-state index in [1.165, 1.54) is 17.7 Å². The van der Waals surface area contributed by atoms with Gasteiger partial charge in [0.1, 0.15) is 22.8 Å². The second-order valence-corrected chi connectivity index (χ2v) is 13.1. The second kappa shape index (κ2) is 10.6. The molecule has 0 N–H and O–H groups in total. The molecule has 0 unspecified atom stereocenters.